The standard InChI is InChI=1S/C23H28N2O2/c1-18-6-9-21(10-7-18)22(17-25-12-14-27-15-13-25)24-23(26)11-8-20-5-3-4-19(2)16-20/h3-11,16,22H,12-15,17H2,1-2H3,(H,24,26)/b11-8+/t22-/m0/s1. The van der Waals surface area contributed by atoms with Gasteiger partial charge in [-0.2, -0.15) is 0 Å². The first kappa shape index (κ1) is 19.3. The van der Waals surface area contributed by atoms with E-state index in [9.17, 15) is 4.79 Å². The number of nitrogens with zero attached hydrogens (tertiary/aromatic N) is 1. The van der Waals surface area contributed by atoms with Crippen LogP contribution in [-0.2, 0) is 9.53 Å². The third kappa shape index (κ3) is 6.05. The third-order valence-electron chi connectivity index (χ3n) is 4.81. The first-order chi connectivity index (χ1) is 13.1. The first-order valence-electron chi connectivity index (χ1n) is 9.52. The summed E-state index contributed by atoms with van der Waals surface area (Å²) in [6.45, 7) is 8.21. The zero-order valence-corrected chi connectivity index (χ0v) is 16.2. The quantitative estimate of drug-likeness (QED) is 0.798. The number of amides is 1. The van der Waals surface area contributed by atoms with Crippen LogP contribution in [0.3, 0.4) is 0 Å². The molecule has 0 unspecified atom stereocenters. The number of hydrogen-bond donors (Lipinski definition) is 1. The molecule has 142 valence electrons. The fourth-order valence-corrected chi connectivity index (χ4v) is 3.24. The topological polar surface area (TPSA) is 41.6 Å². The van der Waals surface area contributed by atoms with E-state index in [0.29, 0.717) is 0 Å². The SMILES string of the molecule is Cc1ccc([C@H](CN2CCOCC2)NC(=O)/C=C/c2cccc(C)c2)cc1. The molecule has 4 heteroatoms. The molecule has 1 heterocycles. The molecule has 4 nitrogen and oxygen atoms in total. The molecule has 3 rings (SSSR count). The number of aryl methyl sites for hydroxylation is 2. The predicted octanol–water partition coefficient (Wildman–Crippen LogP) is 3.51. The molecule has 0 bridgehead atoms. The molecular formula is C23H28N2O2. The van der Waals surface area contributed by atoms with E-state index in [1.165, 1.54) is 11.1 Å². The molecule has 0 radical (unpaired) electrons. The van der Waals surface area contributed by atoms with Crippen LogP contribution in [0.15, 0.2) is 54.6 Å². The summed E-state index contributed by atoms with van der Waals surface area (Å²) in [5, 5.41) is 3.18. The highest BCUT2D eigenvalue weighted by Crippen LogP contribution is 2.17. The lowest BCUT2D eigenvalue weighted by Crippen LogP contribution is -2.42. The van der Waals surface area contributed by atoms with Crippen molar-refractivity contribution in [3.05, 3.63) is 76.9 Å². The maximum atomic E-state index is 12.6. The monoisotopic (exact) mass is 364 g/mol. The minimum absolute atomic E-state index is 0.0432. The van der Waals surface area contributed by atoms with Crippen LogP contribution in [0.2, 0.25) is 0 Å². The summed E-state index contributed by atoms with van der Waals surface area (Å²) in [6, 6.07) is 16.5. The molecule has 1 N–H and O–H groups in total. The van der Waals surface area contributed by atoms with Gasteiger partial charge in [0, 0.05) is 25.7 Å². The van der Waals surface area contributed by atoms with E-state index < -0.39 is 0 Å². The summed E-state index contributed by atoms with van der Waals surface area (Å²) in [5.41, 5.74) is 4.56. The lowest BCUT2D eigenvalue weighted by atomic mass is 10.0. The number of carbonyl (C=O) groups excluding carboxylic acids is 1. The second kappa shape index (κ2) is 9.49. The van der Waals surface area contributed by atoms with Gasteiger partial charge in [-0.1, -0.05) is 59.7 Å². The van der Waals surface area contributed by atoms with Gasteiger partial charge < -0.3 is 10.1 Å². The second-order valence-corrected chi connectivity index (χ2v) is 7.13. The zero-order chi connectivity index (χ0) is 19.1. The second-order valence-electron chi connectivity index (χ2n) is 7.13. The summed E-state index contributed by atoms with van der Waals surface area (Å²) < 4.78 is 5.44. The number of morpholine rings is 1. The molecule has 1 aliphatic heterocycles. The molecular weight excluding hydrogens is 336 g/mol. The van der Waals surface area contributed by atoms with E-state index in [1.54, 1.807) is 6.08 Å². The van der Waals surface area contributed by atoms with Crippen molar-refractivity contribution in [1.29, 1.82) is 0 Å². The van der Waals surface area contributed by atoms with Crippen molar-refractivity contribution in [3.63, 3.8) is 0 Å². The lowest BCUT2D eigenvalue weighted by molar-refractivity contribution is -0.117. The van der Waals surface area contributed by atoms with Crippen molar-refractivity contribution in [2.45, 2.75) is 19.9 Å². The van der Waals surface area contributed by atoms with E-state index in [1.807, 2.05) is 31.2 Å². The van der Waals surface area contributed by atoms with Crippen LogP contribution in [0.4, 0.5) is 0 Å². The van der Waals surface area contributed by atoms with Crippen LogP contribution >= 0.6 is 0 Å². The summed E-state index contributed by atoms with van der Waals surface area (Å²) in [4.78, 5) is 14.9. The van der Waals surface area contributed by atoms with Gasteiger partial charge in [-0.15, -0.1) is 0 Å². The smallest absolute Gasteiger partial charge is 0.244 e. The maximum Gasteiger partial charge on any atom is 0.244 e. The van der Waals surface area contributed by atoms with Gasteiger partial charge in [-0.3, -0.25) is 9.69 Å². The molecule has 1 aliphatic rings. The van der Waals surface area contributed by atoms with Gasteiger partial charge in [-0.05, 0) is 31.1 Å². The Morgan fingerprint density at radius 2 is 1.85 bits per heavy atom. The molecule has 0 saturated carbocycles. The minimum Gasteiger partial charge on any atom is -0.379 e. The van der Waals surface area contributed by atoms with Gasteiger partial charge in [-0.25, -0.2) is 0 Å². The van der Waals surface area contributed by atoms with Gasteiger partial charge in [0.25, 0.3) is 0 Å². The molecule has 27 heavy (non-hydrogen) atoms. The van der Waals surface area contributed by atoms with Crippen molar-refractivity contribution in [3.8, 4) is 0 Å². The third-order valence-corrected chi connectivity index (χ3v) is 4.81. The van der Waals surface area contributed by atoms with Crippen molar-refractivity contribution >= 4 is 12.0 Å². The van der Waals surface area contributed by atoms with E-state index in [4.69, 9.17) is 4.74 Å². The number of nitrogens with one attached hydrogen (secondary N) is 1. The van der Waals surface area contributed by atoms with Gasteiger partial charge in [0.2, 0.25) is 5.91 Å². The van der Waals surface area contributed by atoms with Gasteiger partial charge in [0.05, 0.1) is 19.3 Å². The molecule has 1 atom stereocenters. The van der Waals surface area contributed by atoms with Crippen LogP contribution in [0.25, 0.3) is 6.08 Å². The Kier molecular flexibility index (Phi) is 6.80. The van der Waals surface area contributed by atoms with Crippen LogP contribution in [0, 0.1) is 13.8 Å². The van der Waals surface area contributed by atoms with Gasteiger partial charge in [0.1, 0.15) is 0 Å². The van der Waals surface area contributed by atoms with E-state index in [-0.39, 0.29) is 11.9 Å². The molecule has 0 spiro atoms. The van der Waals surface area contributed by atoms with Crippen molar-refractivity contribution < 1.29 is 9.53 Å². The predicted molar refractivity (Wildman–Crippen MR) is 110 cm³/mol. The molecule has 2 aromatic carbocycles. The van der Waals surface area contributed by atoms with Gasteiger partial charge in [0.15, 0.2) is 0 Å². The fraction of sp³-hybridized carbons (Fsp3) is 0.348. The normalized spacial score (nSPS) is 16.4. The van der Waals surface area contributed by atoms with Crippen molar-refractivity contribution in [2.75, 3.05) is 32.8 Å². The number of rotatable bonds is 6. The Morgan fingerprint density at radius 1 is 1.11 bits per heavy atom. The average molecular weight is 364 g/mol. The molecule has 0 aromatic heterocycles. The number of hydrogen-bond acceptors (Lipinski definition) is 3. The first-order valence-corrected chi connectivity index (χ1v) is 9.52. The summed E-state index contributed by atoms with van der Waals surface area (Å²) >= 11 is 0. The number of benzene rings is 2. The van der Waals surface area contributed by atoms with E-state index in [0.717, 1.165) is 44.0 Å². The highest BCUT2D eigenvalue weighted by atomic mass is 16.5. The molecule has 1 saturated heterocycles. The van der Waals surface area contributed by atoms with E-state index >= 15 is 0 Å². The largest absolute Gasteiger partial charge is 0.379 e. The minimum atomic E-state index is -0.0738. The van der Waals surface area contributed by atoms with Crippen LogP contribution in [0.1, 0.15) is 28.3 Å². The maximum absolute atomic E-state index is 12.6. The van der Waals surface area contributed by atoms with Gasteiger partial charge >= 0.3 is 0 Å². The van der Waals surface area contributed by atoms with Crippen LogP contribution in [-0.4, -0.2) is 43.7 Å². The summed E-state index contributed by atoms with van der Waals surface area (Å²) in [6.07, 6.45) is 3.48. The van der Waals surface area contributed by atoms with Crippen LogP contribution in [0.5, 0.6) is 0 Å². The summed E-state index contributed by atoms with van der Waals surface area (Å²) in [5.74, 6) is -0.0738. The Morgan fingerprint density at radius 3 is 2.56 bits per heavy atom. The highest BCUT2D eigenvalue weighted by Gasteiger charge is 2.19. The number of ether oxygens (including phenoxy) is 1. The Balaban J connectivity index is 1.69. The van der Waals surface area contributed by atoms with Crippen molar-refractivity contribution in [2.24, 2.45) is 0 Å². The Bertz CT molecular complexity index is 777. The van der Waals surface area contributed by atoms with E-state index in [2.05, 4.69) is 47.5 Å². The molecule has 2 aromatic rings. The lowest BCUT2D eigenvalue weighted by Gasteiger charge is -2.31. The molecule has 1 amide bonds. The molecule has 1 fully saturated rings. The summed E-state index contributed by atoms with van der Waals surface area (Å²) in [7, 11) is 0. The van der Waals surface area contributed by atoms with Crippen LogP contribution < -0.4 is 5.32 Å². The Labute approximate surface area is 161 Å². The fourth-order valence-electron chi connectivity index (χ4n) is 3.24. The zero-order valence-electron chi connectivity index (χ0n) is 16.2. The Hall–Kier alpha value is -2.43. The highest BCUT2D eigenvalue weighted by molar-refractivity contribution is 5.92. The van der Waals surface area contributed by atoms with Crippen molar-refractivity contribution in [1.82, 2.24) is 10.2 Å². The average Bonchev–Trinajstić information content (AvgIpc) is 2.67. The number of carbonyl (C=O) groups is 1. The molecule has 0 aliphatic carbocycles.